The Morgan fingerprint density at radius 1 is 1.26 bits per heavy atom. The first-order valence-electron chi connectivity index (χ1n) is 6.04. The molecule has 0 radical (unpaired) electrons. The van der Waals surface area contributed by atoms with Gasteiger partial charge < -0.3 is 5.32 Å². The van der Waals surface area contributed by atoms with Crippen molar-refractivity contribution >= 4 is 34.8 Å². The Balaban J connectivity index is 2.28. The average Bonchev–Trinajstić information content (AvgIpc) is 2.36. The molecule has 0 heterocycles. The van der Waals surface area contributed by atoms with E-state index in [1.54, 1.807) is 12.1 Å². The first-order chi connectivity index (χ1) is 8.97. The van der Waals surface area contributed by atoms with Gasteiger partial charge in [-0.2, -0.15) is 0 Å². The molecule has 0 atom stereocenters. The van der Waals surface area contributed by atoms with E-state index >= 15 is 0 Å². The van der Waals surface area contributed by atoms with E-state index < -0.39 is 0 Å². The molecule has 0 aliphatic rings. The Bertz CT molecular complexity index is 434. The lowest BCUT2D eigenvalue weighted by atomic mass is 10.1. The van der Waals surface area contributed by atoms with Crippen molar-refractivity contribution < 1.29 is 4.79 Å². The van der Waals surface area contributed by atoms with E-state index in [1.807, 2.05) is 12.1 Å². The van der Waals surface area contributed by atoms with Gasteiger partial charge in [-0.25, -0.2) is 0 Å². The molecule has 0 fully saturated rings. The zero-order valence-electron chi connectivity index (χ0n) is 11.0. The lowest BCUT2D eigenvalue weighted by Gasteiger charge is -2.12. The quantitative estimate of drug-likeness (QED) is 0.588. The van der Waals surface area contributed by atoms with Crippen LogP contribution < -0.4 is 16.2 Å². The highest BCUT2D eigenvalue weighted by Crippen LogP contribution is 2.09. The van der Waals surface area contributed by atoms with E-state index in [9.17, 15) is 4.79 Å². The van der Waals surface area contributed by atoms with Crippen molar-refractivity contribution in [2.45, 2.75) is 20.3 Å². The number of hydrogen-bond acceptors (Lipinski definition) is 2. The number of hydrogen-bond donors (Lipinski definition) is 3. The zero-order chi connectivity index (χ0) is 14.3. The van der Waals surface area contributed by atoms with Gasteiger partial charge in [-0.3, -0.25) is 15.6 Å². The van der Waals surface area contributed by atoms with Gasteiger partial charge in [0.2, 0.25) is 5.91 Å². The lowest BCUT2D eigenvalue weighted by Crippen LogP contribution is -2.47. The van der Waals surface area contributed by atoms with Crippen LogP contribution in [0.4, 0.5) is 0 Å². The summed E-state index contributed by atoms with van der Waals surface area (Å²) in [5.41, 5.74) is 6.10. The Hall–Kier alpha value is -1.33. The van der Waals surface area contributed by atoms with Crippen LogP contribution in [0.1, 0.15) is 19.4 Å². The van der Waals surface area contributed by atoms with Crippen LogP contribution in [0.3, 0.4) is 0 Å². The largest absolute Gasteiger partial charge is 0.361 e. The molecule has 0 saturated heterocycles. The van der Waals surface area contributed by atoms with Gasteiger partial charge in [-0.05, 0) is 35.8 Å². The molecule has 4 nitrogen and oxygen atoms in total. The van der Waals surface area contributed by atoms with Crippen molar-refractivity contribution in [2.24, 2.45) is 5.92 Å². The highest BCUT2D eigenvalue weighted by atomic mass is 35.5. The zero-order valence-corrected chi connectivity index (χ0v) is 12.6. The summed E-state index contributed by atoms with van der Waals surface area (Å²) >= 11 is 10.8. The maximum atomic E-state index is 11.6. The number of thiocarbonyl (C=S) groups is 1. The number of rotatable bonds is 4. The molecule has 1 amide bonds. The third-order valence-corrected chi connectivity index (χ3v) is 2.76. The van der Waals surface area contributed by atoms with Gasteiger partial charge in [-0.1, -0.05) is 37.6 Å². The van der Waals surface area contributed by atoms with Crippen LogP contribution in [0.25, 0.3) is 0 Å². The van der Waals surface area contributed by atoms with Gasteiger partial charge >= 0.3 is 0 Å². The number of benzene rings is 1. The van der Waals surface area contributed by atoms with E-state index in [0.29, 0.717) is 16.1 Å². The molecule has 0 aliphatic carbocycles. The third-order valence-electron chi connectivity index (χ3n) is 2.26. The van der Waals surface area contributed by atoms with E-state index in [0.717, 1.165) is 12.1 Å². The van der Waals surface area contributed by atoms with E-state index in [4.69, 9.17) is 23.8 Å². The third kappa shape index (κ3) is 6.98. The number of carbonyl (C=O) groups excluding carboxylic acids is 1. The highest BCUT2D eigenvalue weighted by Gasteiger charge is 2.04. The first-order valence-corrected chi connectivity index (χ1v) is 6.83. The minimum atomic E-state index is -0.156. The SMILES string of the molecule is CC(C)CNC(=S)NNC(=O)Cc1ccc(Cl)cc1. The molecule has 3 N–H and O–H groups in total. The fourth-order valence-electron chi connectivity index (χ4n) is 1.30. The summed E-state index contributed by atoms with van der Waals surface area (Å²) in [5.74, 6) is 0.334. The summed E-state index contributed by atoms with van der Waals surface area (Å²) in [6.07, 6.45) is 0.275. The molecule has 1 aromatic rings. The standard InChI is InChI=1S/C13H18ClN3OS/c1-9(2)8-15-13(19)17-16-12(18)7-10-3-5-11(14)6-4-10/h3-6,9H,7-8H2,1-2H3,(H,16,18)(H2,15,17,19). The summed E-state index contributed by atoms with van der Waals surface area (Å²) in [4.78, 5) is 11.6. The second-order valence-corrected chi connectivity index (χ2v) is 5.42. The Morgan fingerprint density at radius 2 is 1.89 bits per heavy atom. The van der Waals surface area contributed by atoms with Crippen LogP contribution in [0.2, 0.25) is 5.02 Å². The molecular formula is C13H18ClN3OS. The van der Waals surface area contributed by atoms with Gasteiger partial charge in [0.05, 0.1) is 6.42 Å². The fraction of sp³-hybridized carbons (Fsp3) is 0.385. The van der Waals surface area contributed by atoms with Crippen LogP contribution in [-0.4, -0.2) is 17.6 Å². The van der Waals surface area contributed by atoms with Gasteiger partial charge in [0.25, 0.3) is 0 Å². The van der Waals surface area contributed by atoms with Crippen LogP contribution in [0.15, 0.2) is 24.3 Å². The molecule has 0 unspecified atom stereocenters. The molecule has 6 heteroatoms. The fourth-order valence-corrected chi connectivity index (χ4v) is 1.56. The number of hydrazine groups is 1. The molecular weight excluding hydrogens is 282 g/mol. The Labute approximate surface area is 123 Å². The molecule has 0 bridgehead atoms. The molecule has 104 valence electrons. The number of carbonyl (C=O) groups is 1. The summed E-state index contributed by atoms with van der Waals surface area (Å²) < 4.78 is 0. The number of amides is 1. The van der Waals surface area contributed by atoms with Crippen molar-refractivity contribution in [2.75, 3.05) is 6.54 Å². The van der Waals surface area contributed by atoms with Crippen molar-refractivity contribution in [3.8, 4) is 0 Å². The second-order valence-electron chi connectivity index (χ2n) is 4.58. The maximum absolute atomic E-state index is 11.6. The van der Waals surface area contributed by atoms with E-state index in [1.165, 1.54) is 0 Å². The van der Waals surface area contributed by atoms with E-state index in [-0.39, 0.29) is 12.3 Å². The molecule has 0 spiro atoms. The van der Waals surface area contributed by atoms with Gasteiger partial charge in [0.1, 0.15) is 0 Å². The highest BCUT2D eigenvalue weighted by molar-refractivity contribution is 7.80. The number of halogens is 1. The minimum Gasteiger partial charge on any atom is -0.361 e. The predicted molar refractivity (Wildman–Crippen MR) is 81.9 cm³/mol. The van der Waals surface area contributed by atoms with Crippen molar-refractivity contribution in [3.63, 3.8) is 0 Å². The summed E-state index contributed by atoms with van der Waals surface area (Å²) in [7, 11) is 0. The number of nitrogens with one attached hydrogen (secondary N) is 3. The summed E-state index contributed by atoms with van der Waals surface area (Å²) in [5, 5.41) is 4.07. The lowest BCUT2D eigenvalue weighted by molar-refractivity contribution is -0.121. The van der Waals surface area contributed by atoms with Crippen LogP contribution in [0.5, 0.6) is 0 Å². The molecule has 0 aliphatic heterocycles. The molecule has 1 rings (SSSR count). The second kappa shape index (κ2) is 7.96. The first kappa shape index (κ1) is 15.7. The predicted octanol–water partition coefficient (Wildman–Crippen LogP) is 2.03. The summed E-state index contributed by atoms with van der Waals surface area (Å²) in [6, 6.07) is 7.15. The van der Waals surface area contributed by atoms with Gasteiger partial charge in [0.15, 0.2) is 5.11 Å². The van der Waals surface area contributed by atoms with Crippen molar-refractivity contribution in [1.29, 1.82) is 0 Å². The molecule has 19 heavy (non-hydrogen) atoms. The van der Waals surface area contributed by atoms with Gasteiger partial charge in [0, 0.05) is 11.6 Å². The molecule has 0 aromatic heterocycles. The van der Waals surface area contributed by atoms with Gasteiger partial charge in [-0.15, -0.1) is 0 Å². The average molecular weight is 300 g/mol. The smallest absolute Gasteiger partial charge is 0.242 e. The summed E-state index contributed by atoms with van der Waals surface area (Å²) in [6.45, 7) is 4.92. The Morgan fingerprint density at radius 3 is 2.47 bits per heavy atom. The van der Waals surface area contributed by atoms with Crippen molar-refractivity contribution in [1.82, 2.24) is 16.2 Å². The normalized spacial score (nSPS) is 10.1. The molecule has 0 saturated carbocycles. The topological polar surface area (TPSA) is 53.2 Å². The van der Waals surface area contributed by atoms with Crippen LogP contribution >= 0.6 is 23.8 Å². The van der Waals surface area contributed by atoms with E-state index in [2.05, 4.69) is 30.0 Å². The monoisotopic (exact) mass is 299 g/mol. The molecule has 1 aromatic carbocycles. The van der Waals surface area contributed by atoms with Crippen LogP contribution in [-0.2, 0) is 11.2 Å². The maximum Gasteiger partial charge on any atom is 0.242 e. The minimum absolute atomic E-state index is 0.156. The van der Waals surface area contributed by atoms with Crippen LogP contribution in [0, 0.1) is 5.92 Å². The Kier molecular flexibility index (Phi) is 6.59. The van der Waals surface area contributed by atoms with Crippen molar-refractivity contribution in [3.05, 3.63) is 34.9 Å².